The lowest BCUT2D eigenvalue weighted by Gasteiger charge is -2.03. The van der Waals surface area contributed by atoms with Crippen molar-refractivity contribution in [1.82, 2.24) is 9.71 Å². The highest BCUT2D eigenvalue weighted by Gasteiger charge is 2.15. The van der Waals surface area contributed by atoms with Crippen LogP contribution in [0.3, 0.4) is 0 Å². The smallest absolute Gasteiger partial charge is 0.271 e. The van der Waals surface area contributed by atoms with E-state index in [4.69, 9.17) is 0 Å². The van der Waals surface area contributed by atoms with Gasteiger partial charge in [0.15, 0.2) is 11.6 Å². The molecule has 4 aromatic rings. The minimum absolute atomic E-state index is 0.112. The highest BCUT2D eigenvalue weighted by atomic mass is 19.1. The molecular formula is C23H16FN3O4. The van der Waals surface area contributed by atoms with E-state index in [-0.39, 0.29) is 35.0 Å². The third-order valence-corrected chi connectivity index (χ3v) is 4.75. The van der Waals surface area contributed by atoms with E-state index in [9.17, 15) is 24.5 Å². The molecule has 0 aliphatic carbocycles. The fourth-order valence-corrected chi connectivity index (χ4v) is 3.15. The number of nitrogens with zero attached hydrogens (tertiary/aromatic N) is 3. The number of carbonyl (C=O) groups is 1. The molecule has 0 aliphatic heterocycles. The number of rotatable bonds is 6. The van der Waals surface area contributed by atoms with E-state index in [1.807, 2.05) is 0 Å². The van der Waals surface area contributed by atoms with Gasteiger partial charge in [0.25, 0.3) is 5.69 Å². The van der Waals surface area contributed by atoms with Crippen molar-refractivity contribution in [2.45, 2.75) is 6.42 Å². The monoisotopic (exact) mass is 417 g/mol. The lowest BCUT2D eigenvalue weighted by Crippen LogP contribution is -1.99. The lowest BCUT2D eigenvalue weighted by atomic mass is 10.1. The Morgan fingerprint density at radius 2 is 1.81 bits per heavy atom. The Balaban J connectivity index is 1.50. The largest absolute Gasteiger partial charge is 0.426 e. The van der Waals surface area contributed by atoms with E-state index in [2.05, 4.69) is 4.98 Å². The molecule has 0 saturated carbocycles. The maximum atomic E-state index is 12.9. The number of nitro groups is 1. The molecule has 154 valence electrons. The van der Waals surface area contributed by atoms with Crippen LogP contribution in [-0.4, -0.2) is 25.6 Å². The molecule has 1 aromatic heterocycles. The Labute approximate surface area is 175 Å². The molecule has 0 atom stereocenters. The van der Waals surface area contributed by atoms with Gasteiger partial charge >= 0.3 is 0 Å². The SMILES string of the molecule is O=C(/C=C/c1ccc(F)cc1)Cc1ccc(-c2nc3ccc([N+](=O)[O-])cc3n2O)cc1. The number of allylic oxidation sites excluding steroid dienone is 1. The van der Waals surface area contributed by atoms with E-state index in [0.717, 1.165) is 15.9 Å². The second-order valence-corrected chi connectivity index (χ2v) is 6.90. The number of benzene rings is 3. The van der Waals surface area contributed by atoms with E-state index in [1.165, 1.54) is 36.4 Å². The Hall–Kier alpha value is -4.33. The molecule has 7 nitrogen and oxygen atoms in total. The first kappa shape index (κ1) is 20.0. The molecular weight excluding hydrogens is 401 g/mol. The molecule has 3 aromatic carbocycles. The number of fused-ring (bicyclic) bond motifs is 1. The zero-order valence-electron chi connectivity index (χ0n) is 16.1. The van der Waals surface area contributed by atoms with Crippen molar-refractivity contribution < 1.29 is 19.3 Å². The quantitative estimate of drug-likeness (QED) is 0.210. The van der Waals surface area contributed by atoms with Crippen molar-refractivity contribution in [3.05, 3.63) is 99.9 Å². The van der Waals surface area contributed by atoms with E-state index >= 15 is 0 Å². The average molecular weight is 417 g/mol. The zero-order chi connectivity index (χ0) is 22.0. The fourth-order valence-electron chi connectivity index (χ4n) is 3.15. The third kappa shape index (κ3) is 4.32. The van der Waals surface area contributed by atoms with Crippen molar-refractivity contribution in [2.75, 3.05) is 0 Å². The van der Waals surface area contributed by atoms with Crippen molar-refractivity contribution in [2.24, 2.45) is 0 Å². The average Bonchev–Trinajstić information content (AvgIpc) is 3.10. The van der Waals surface area contributed by atoms with Gasteiger partial charge in [-0.25, -0.2) is 9.37 Å². The van der Waals surface area contributed by atoms with Crippen LogP contribution < -0.4 is 0 Å². The molecule has 0 aliphatic rings. The lowest BCUT2D eigenvalue weighted by molar-refractivity contribution is -0.384. The standard InChI is InChI=1S/C23H16FN3O4/c24-18-8-3-15(4-9-18)5-11-20(28)13-16-1-6-17(7-2-16)23-25-21-12-10-19(27(30)31)14-22(21)26(23)29/h1-12,14,29H,13H2/b11-5+. The third-order valence-electron chi connectivity index (χ3n) is 4.75. The second-order valence-electron chi connectivity index (χ2n) is 6.90. The Bertz CT molecular complexity index is 1310. The molecule has 0 bridgehead atoms. The van der Waals surface area contributed by atoms with Gasteiger partial charge in [0.2, 0.25) is 0 Å². The summed E-state index contributed by atoms with van der Waals surface area (Å²) in [5, 5.41) is 21.3. The van der Waals surface area contributed by atoms with Gasteiger partial charge in [0.1, 0.15) is 11.3 Å². The van der Waals surface area contributed by atoms with E-state index in [0.29, 0.717) is 11.1 Å². The summed E-state index contributed by atoms with van der Waals surface area (Å²) < 4.78 is 13.7. The normalized spacial score (nSPS) is 11.3. The fraction of sp³-hybridized carbons (Fsp3) is 0.0435. The molecule has 8 heteroatoms. The van der Waals surface area contributed by atoms with Gasteiger partial charge in [-0.15, -0.1) is 0 Å². The number of imidazole rings is 1. The number of non-ortho nitro benzene ring substituents is 1. The number of carbonyl (C=O) groups excluding carboxylic acids is 1. The Morgan fingerprint density at radius 1 is 1.10 bits per heavy atom. The minimum atomic E-state index is -0.539. The topological polar surface area (TPSA) is 98.3 Å². The highest BCUT2D eigenvalue weighted by molar-refractivity contribution is 5.95. The van der Waals surface area contributed by atoms with Crippen LogP contribution in [0.15, 0.2) is 72.8 Å². The molecule has 4 rings (SSSR count). The van der Waals surface area contributed by atoms with Crippen LogP contribution in [0.4, 0.5) is 10.1 Å². The molecule has 0 fully saturated rings. The molecule has 31 heavy (non-hydrogen) atoms. The molecule has 0 unspecified atom stereocenters. The zero-order valence-corrected chi connectivity index (χ0v) is 16.1. The van der Waals surface area contributed by atoms with E-state index < -0.39 is 4.92 Å². The van der Waals surface area contributed by atoms with Crippen LogP contribution in [0.25, 0.3) is 28.5 Å². The van der Waals surface area contributed by atoms with Crippen molar-refractivity contribution in [3.63, 3.8) is 0 Å². The summed E-state index contributed by atoms with van der Waals surface area (Å²) in [5.74, 6) is -0.207. The van der Waals surface area contributed by atoms with Crippen molar-refractivity contribution >= 4 is 28.6 Å². The van der Waals surface area contributed by atoms with Gasteiger partial charge in [0, 0.05) is 24.1 Å². The summed E-state index contributed by atoms with van der Waals surface area (Å²) in [7, 11) is 0. The predicted molar refractivity (Wildman–Crippen MR) is 113 cm³/mol. The molecule has 0 saturated heterocycles. The van der Waals surface area contributed by atoms with Crippen LogP contribution in [0, 0.1) is 15.9 Å². The summed E-state index contributed by atoms with van der Waals surface area (Å²) in [5.41, 5.74) is 2.61. The highest BCUT2D eigenvalue weighted by Crippen LogP contribution is 2.26. The van der Waals surface area contributed by atoms with Gasteiger partial charge in [-0.2, -0.15) is 4.73 Å². The molecule has 0 amide bonds. The number of hydrogen-bond acceptors (Lipinski definition) is 5. The summed E-state index contributed by atoms with van der Waals surface area (Å²) >= 11 is 0. The van der Waals surface area contributed by atoms with Gasteiger partial charge in [-0.1, -0.05) is 42.5 Å². The summed E-state index contributed by atoms with van der Waals surface area (Å²) in [6.07, 6.45) is 3.25. The second kappa shape index (κ2) is 8.19. The molecule has 1 heterocycles. The van der Waals surface area contributed by atoms with Crippen molar-refractivity contribution in [1.29, 1.82) is 0 Å². The maximum absolute atomic E-state index is 12.9. The van der Waals surface area contributed by atoms with Gasteiger partial charge in [-0.3, -0.25) is 14.9 Å². The maximum Gasteiger partial charge on any atom is 0.271 e. The first-order valence-electron chi connectivity index (χ1n) is 9.32. The van der Waals surface area contributed by atoms with Crippen LogP contribution in [0.1, 0.15) is 11.1 Å². The number of halogens is 1. The van der Waals surface area contributed by atoms with Crippen molar-refractivity contribution in [3.8, 4) is 11.4 Å². The molecule has 0 spiro atoms. The summed E-state index contributed by atoms with van der Waals surface area (Å²) in [4.78, 5) is 26.9. The van der Waals surface area contributed by atoms with Crippen LogP contribution >= 0.6 is 0 Å². The van der Waals surface area contributed by atoms with Gasteiger partial charge in [-0.05, 0) is 35.4 Å². The summed E-state index contributed by atoms with van der Waals surface area (Å²) in [6, 6.07) is 16.8. The Kier molecular flexibility index (Phi) is 5.28. The van der Waals surface area contributed by atoms with Gasteiger partial charge in [0.05, 0.1) is 10.4 Å². The van der Waals surface area contributed by atoms with Crippen LogP contribution in [0.5, 0.6) is 0 Å². The Morgan fingerprint density at radius 3 is 2.48 bits per heavy atom. The minimum Gasteiger partial charge on any atom is -0.426 e. The predicted octanol–water partition coefficient (Wildman–Crippen LogP) is 4.81. The van der Waals surface area contributed by atoms with E-state index in [1.54, 1.807) is 42.5 Å². The number of aromatic nitrogens is 2. The number of hydrogen-bond donors (Lipinski definition) is 1. The van der Waals surface area contributed by atoms with Crippen LogP contribution in [0.2, 0.25) is 0 Å². The first-order chi connectivity index (χ1) is 14.9. The molecule has 1 N–H and O–H groups in total. The molecule has 0 radical (unpaired) electrons. The number of nitro benzene ring substituents is 1. The van der Waals surface area contributed by atoms with Crippen LogP contribution in [-0.2, 0) is 11.2 Å². The van der Waals surface area contributed by atoms with Gasteiger partial charge < -0.3 is 5.21 Å². The summed E-state index contributed by atoms with van der Waals surface area (Å²) in [6.45, 7) is 0. The first-order valence-corrected chi connectivity index (χ1v) is 9.32. The number of ketones is 1.